The Morgan fingerprint density at radius 1 is 1.23 bits per heavy atom. The number of nitrogens with zero attached hydrogens (tertiary/aromatic N) is 2. The molecule has 1 saturated heterocycles. The van der Waals surface area contributed by atoms with E-state index in [0.717, 1.165) is 49.2 Å². The number of methoxy groups -OCH3 is 1. The lowest BCUT2D eigenvalue weighted by atomic mass is 9.55. The molecule has 2 aliphatic rings. The molecule has 1 aliphatic carbocycles. The van der Waals surface area contributed by atoms with Crippen molar-refractivity contribution in [3.8, 4) is 5.75 Å². The van der Waals surface area contributed by atoms with Crippen molar-refractivity contribution in [3.63, 3.8) is 0 Å². The number of rotatable bonds is 8. The molecule has 1 saturated carbocycles. The van der Waals surface area contributed by atoms with E-state index < -0.39 is 11.0 Å². The molecule has 3 atom stereocenters. The van der Waals surface area contributed by atoms with Crippen LogP contribution in [0.15, 0.2) is 67.3 Å². The molecule has 0 aromatic heterocycles. The summed E-state index contributed by atoms with van der Waals surface area (Å²) >= 11 is 0. The number of hydrogen-bond acceptors (Lipinski definition) is 4. The molecule has 0 unspecified atom stereocenters. The predicted molar refractivity (Wildman–Crippen MR) is 141 cm³/mol. The molecule has 4 rings (SSSR count). The third-order valence-electron chi connectivity index (χ3n) is 8.00. The summed E-state index contributed by atoms with van der Waals surface area (Å²) < 4.78 is 5.57. The average Bonchev–Trinajstić information content (AvgIpc) is 2.87. The van der Waals surface area contributed by atoms with Crippen molar-refractivity contribution in [2.75, 3.05) is 33.3 Å². The molecular weight excluding hydrogens is 436 g/mol. The summed E-state index contributed by atoms with van der Waals surface area (Å²) in [6.07, 6.45) is 4.92. The third-order valence-corrected chi connectivity index (χ3v) is 8.00. The SMILES string of the molecule is C=CCN1CC[C@@]2(c3cccc(OC)c3)C[C@@H](N(CC(C)C)C(=O)c3ccccc3)CC[C@]2(O)C1. The van der Waals surface area contributed by atoms with E-state index in [9.17, 15) is 9.90 Å². The zero-order valence-corrected chi connectivity index (χ0v) is 21.5. The van der Waals surface area contributed by atoms with Gasteiger partial charge in [-0.3, -0.25) is 9.69 Å². The van der Waals surface area contributed by atoms with Crippen LogP contribution >= 0.6 is 0 Å². The predicted octanol–water partition coefficient (Wildman–Crippen LogP) is 4.91. The number of carbonyl (C=O) groups excluding carboxylic acids is 1. The van der Waals surface area contributed by atoms with E-state index >= 15 is 0 Å². The summed E-state index contributed by atoms with van der Waals surface area (Å²) in [4.78, 5) is 18.1. The zero-order chi connectivity index (χ0) is 25.1. The van der Waals surface area contributed by atoms with Crippen LogP contribution in [-0.4, -0.2) is 65.7 Å². The first kappa shape index (κ1) is 25.5. The molecule has 35 heavy (non-hydrogen) atoms. The van der Waals surface area contributed by atoms with Gasteiger partial charge in [-0.2, -0.15) is 0 Å². The summed E-state index contributed by atoms with van der Waals surface area (Å²) in [5, 5.41) is 12.3. The van der Waals surface area contributed by atoms with Crippen molar-refractivity contribution in [3.05, 3.63) is 78.4 Å². The van der Waals surface area contributed by atoms with Crippen LogP contribution in [0, 0.1) is 5.92 Å². The summed E-state index contributed by atoms with van der Waals surface area (Å²) in [7, 11) is 1.68. The Morgan fingerprint density at radius 2 is 2.00 bits per heavy atom. The Bertz CT molecular complexity index is 1020. The molecule has 0 radical (unpaired) electrons. The monoisotopic (exact) mass is 476 g/mol. The molecule has 2 aromatic rings. The Kier molecular flexibility index (Phi) is 7.67. The maximum absolute atomic E-state index is 13.7. The van der Waals surface area contributed by atoms with E-state index in [0.29, 0.717) is 25.4 Å². The lowest BCUT2D eigenvalue weighted by molar-refractivity contribution is -0.131. The highest BCUT2D eigenvalue weighted by molar-refractivity contribution is 5.94. The van der Waals surface area contributed by atoms with Crippen molar-refractivity contribution >= 4 is 5.91 Å². The van der Waals surface area contributed by atoms with E-state index in [2.05, 4.69) is 42.4 Å². The summed E-state index contributed by atoms with van der Waals surface area (Å²) in [5.41, 5.74) is 0.509. The first-order valence-electron chi connectivity index (χ1n) is 12.9. The largest absolute Gasteiger partial charge is 0.497 e. The number of amides is 1. The van der Waals surface area contributed by atoms with E-state index in [-0.39, 0.29) is 11.9 Å². The minimum Gasteiger partial charge on any atom is -0.497 e. The first-order valence-corrected chi connectivity index (χ1v) is 12.9. The first-order chi connectivity index (χ1) is 16.8. The Morgan fingerprint density at radius 3 is 2.69 bits per heavy atom. The van der Waals surface area contributed by atoms with Crippen LogP contribution in [0.3, 0.4) is 0 Å². The maximum Gasteiger partial charge on any atom is 0.254 e. The van der Waals surface area contributed by atoms with Crippen molar-refractivity contribution < 1.29 is 14.6 Å². The fourth-order valence-corrected chi connectivity index (χ4v) is 6.30. The van der Waals surface area contributed by atoms with Crippen LogP contribution in [0.1, 0.15) is 55.5 Å². The van der Waals surface area contributed by atoms with E-state index in [4.69, 9.17) is 4.74 Å². The molecule has 1 N–H and O–H groups in total. The second-order valence-corrected chi connectivity index (χ2v) is 10.7. The molecule has 5 heteroatoms. The fourth-order valence-electron chi connectivity index (χ4n) is 6.30. The molecule has 2 aromatic carbocycles. The van der Waals surface area contributed by atoms with Gasteiger partial charge in [0.05, 0.1) is 12.7 Å². The van der Waals surface area contributed by atoms with Crippen molar-refractivity contribution in [1.82, 2.24) is 9.80 Å². The highest BCUT2D eigenvalue weighted by Gasteiger charge is 2.58. The lowest BCUT2D eigenvalue weighted by Crippen LogP contribution is -2.67. The summed E-state index contributed by atoms with van der Waals surface area (Å²) in [6, 6.07) is 17.8. The zero-order valence-electron chi connectivity index (χ0n) is 21.5. The quantitative estimate of drug-likeness (QED) is 0.550. The van der Waals surface area contributed by atoms with Gasteiger partial charge in [0, 0.05) is 36.7 Å². The van der Waals surface area contributed by atoms with Crippen LogP contribution in [-0.2, 0) is 5.41 Å². The number of hydrogen-bond donors (Lipinski definition) is 1. The van der Waals surface area contributed by atoms with Crippen LogP contribution in [0.25, 0.3) is 0 Å². The molecule has 1 aliphatic heterocycles. The van der Waals surface area contributed by atoms with Gasteiger partial charge >= 0.3 is 0 Å². The smallest absolute Gasteiger partial charge is 0.254 e. The van der Waals surface area contributed by atoms with E-state index in [1.807, 2.05) is 48.5 Å². The molecule has 1 amide bonds. The van der Waals surface area contributed by atoms with Crippen LogP contribution in [0.4, 0.5) is 0 Å². The molecular formula is C30H40N2O3. The van der Waals surface area contributed by atoms with Gasteiger partial charge < -0.3 is 14.7 Å². The van der Waals surface area contributed by atoms with Gasteiger partial charge in [-0.1, -0.05) is 50.3 Å². The van der Waals surface area contributed by atoms with Crippen LogP contribution in [0.5, 0.6) is 5.75 Å². The Balaban J connectivity index is 1.74. The number of fused-ring (bicyclic) bond motifs is 1. The fraction of sp³-hybridized carbons (Fsp3) is 0.500. The van der Waals surface area contributed by atoms with Crippen molar-refractivity contribution in [2.45, 2.75) is 56.6 Å². The van der Waals surface area contributed by atoms with E-state index in [1.165, 1.54) is 0 Å². The molecule has 1 heterocycles. The van der Waals surface area contributed by atoms with E-state index in [1.54, 1.807) is 7.11 Å². The molecule has 0 spiro atoms. The highest BCUT2D eigenvalue weighted by Crippen LogP contribution is 2.53. The second kappa shape index (κ2) is 10.5. The summed E-state index contributed by atoms with van der Waals surface area (Å²) in [6.45, 7) is 11.2. The Labute approximate surface area is 210 Å². The van der Waals surface area contributed by atoms with Crippen LogP contribution in [0.2, 0.25) is 0 Å². The minimum atomic E-state index is -0.879. The van der Waals surface area contributed by atoms with Gasteiger partial charge in [0.1, 0.15) is 5.75 Å². The Hall–Kier alpha value is -2.63. The topological polar surface area (TPSA) is 53.0 Å². The number of aliphatic hydroxyl groups is 1. The van der Waals surface area contributed by atoms with Gasteiger partial charge in [-0.25, -0.2) is 0 Å². The van der Waals surface area contributed by atoms with Gasteiger partial charge in [0.25, 0.3) is 5.91 Å². The van der Waals surface area contributed by atoms with Crippen molar-refractivity contribution in [1.29, 1.82) is 0 Å². The average molecular weight is 477 g/mol. The standard InChI is InChI=1S/C30H40N2O3/c1-5-17-31-18-16-29(25-12-9-13-27(19-25)35-4)20-26(14-15-30(29,34)22-31)32(21-23(2)3)28(33)24-10-7-6-8-11-24/h5-13,19,23,26,34H,1,14-18,20-22H2,2-4H3/t26-,29-,30-/m0/s1. The number of β-amino-alcohol motifs (C(OH)–C–C–N with tert-alkyl or cyclic N) is 1. The molecule has 2 fully saturated rings. The lowest BCUT2D eigenvalue weighted by Gasteiger charge is -2.59. The molecule has 0 bridgehead atoms. The normalized spacial score (nSPS) is 26.7. The van der Waals surface area contributed by atoms with Gasteiger partial charge in [0.15, 0.2) is 0 Å². The van der Waals surface area contributed by atoms with Gasteiger partial charge in [-0.05, 0) is 68.0 Å². The van der Waals surface area contributed by atoms with Crippen molar-refractivity contribution in [2.24, 2.45) is 5.92 Å². The highest BCUT2D eigenvalue weighted by atomic mass is 16.5. The number of likely N-dealkylation sites (tertiary alicyclic amines) is 1. The number of ether oxygens (including phenoxy) is 1. The minimum absolute atomic E-state index is 0.0579. The van der Waals surface area contributed by atoms with Gasteiger partial charge in [0.2, 0.25) is 0 Å². The number of piperidine rings is 1. The second-order valence-electron chi connectivity index (χ2n) is 10.7. The van der Waals surface area contributed by atoms with Crippen LogP contribution < -0.4 is 4.74 Å². The maximum atomic E-state index is 13.7. The van der Waals surface area contributed by atoms with Gasteiger partial charge in [-0.15, -0.1) is 6.58 Å². The number of benzene rings is 2. The molecule has 188 valence electrons. The number of carbonyl (C=O) groups is 1. The third kappa shape index (κ3) is 5.03. The summed E-state index contributed by atoms with van der Waals surface area (Å²) in [5.74, 6) is 1.24. The molecule has 5 nitrogen and oxygen atoms in total.